The van der Waals surface area contributed by atoms with Gasteiger partial charge in [-0.1, -0.05) is 13.0 Å². The molecule has 0 aliphatic carbocycles. The van der Waals surface area contributed by atoms with E-state index in [-0.39, 0.29) is 17.0 Å². The SMILES string of the molecule is CC(OC(=O)SC[C@H](N)C(=O)O)[n+]1cnn(CC(O)(c2ccc(F)cc2F)[C@@H](C)c2ncncc2F)c1. The Bertz CT molecular complexity index is 1280. The number of hydrogen-bond donors (Lipinski definition) is 3. The van der Waals surface area contributed by atoms with Gasteiger partial charge in [-0.2, -0.15) is 4.57 Å². The van der Waals surface area contributed by atoms with Crippen LogP contribution in [-0.4, -0.2) is 53.0 Å². The highest BCUT2D eigenvalue weighted by molar-refractivity contribution is 8.13. The zero-order valence-corrected chi connectivity index (χ0v) is 20.5. The average molecular weight is 542 g/mol. The van der Waals surface area contributed by atoms with Crippen LogP contribution < -0.4 is 10.3 Å². The van der Waals surface area contributed by atoms with Crippen LogP contribution in [0.5, 0.6) is 0 Å². The fourth-order valence-electron chi connectivity index (χ4n) is 3.48. The number of hydrogen-bond acceptors (Lipinski definition) is 9. The molecule has 0 fully saturated rings. The third-order valence-corrected chi connectivity index (χ3v) is 6.47. The third kappa shape index (κ3) is 6.61. The number of carboxylic acids is 1. The number of benzene rings is 1. The maximum absolute atomic E-state index is 14.8. The van der Waals surface area contributed by atoms with Crippen LogP contribution in [0.3, 0.4) is 0 Å². The number of halogens is 3. The topological polar surface area (TPSA) is 157 Å². The molecule has 198 valence electrons. The molecule has 2 heterocycles. The van der Waals surface area contributed by atoms with E-state index in [0.717, 1.165) is 24.7 Å². The highest BCUT2D eigenvalue weighted by Gasteiger charge is 2.43. The fourth-order valence-corrected chi connectivity index (χ4v) is 4.15. The van der Waals surface area contributed by atoms with Gasteiger partial charge in [0.25, 0.3) is 6.33 Å². The lowest BCUT2D eigenvalue weighted by molar-refractivity contribution is -0.753. The summed E-state index contributed by atoms with van der Waals surface area (Å²) in [6.45, 7) is 2.51. The van der Waals surface area contributed by atoms with Crippen LogP contribution in [0.15, 0.2) is 43.4 Å². The molecule has 0 radical (unpaired) electrons. The molecule has 3 aromatic rings. The van der Waals surface area contributed by atoms with Crippen LogP contribution in [-0.2, 0) is 21.7 Å². The van der Waals surface area contributed by atoms with Crippen molar-refractivity contribution in [1.29, 1.82) is 0 Å². The molecule has 15 heteroatoms. The first kappa shape index (κ1) is 28.0. The van der Waals surface area contributed by atoms with E-state index in [0.29, 0.717) is 17.8 Å². The predicted molar refractivity (Wildman–Crippen MR) is 122 cm³/mol. The molecule has 0 saturated carbocycles. The maximum atomic E-state index is 14.8. The number of ether oxygens (including phenoxy) is 1. The molecule has 0 aliphatic rings. The van der Waals surface area contributed by atoms with E-state index in [4.69, 9.17) is 15.6 Å². The zero-order valence-electron chi connectivity index (χ0n) is 19.7. The second-order valence-corrected chi connectivity index (χ2v) is 9.10. The first-order valence-electron chi connectivity index (χ1n) is 10.8. The summed E-state index contributed by atoms with van der Waals surface area (Å²) in [6.07, 6.45) is 3.70. The minimum atomic E-state index is -2.15. The van der Waals surface area contributed by atoms with Crippen LogP contribution in [0.4, 0.5) is 18.0 Å². The summed E-state index contributed by atoms with van der Waals surface area (Å²) >= 11 is 0.588. The number of aliphatic hydroxyl groups is 1. The van der Waals surface area contributed by atoms with Crippen molar-refractivity contribution in [2.24, 2.45) is 5.73 Å². The molecule has 1 aromatic carbocycles. The summed E-state index contributed by atoms with van der Waals surface area (Å²) in [7, 11) is 0. The number of rotatable bonds is 10. The zero-order chi connectivity index (χ0) is 27.3. The number of aromatic nitrogens is 5. The molecule has 11 nitrogen and oxygen atoms in total. The Morgan fingerprint density at radius 1 is 1.27 bits per heavy atom. The van der Waals surface area contributed by atoms with Crippen LogP contribution in [0.25, 0.3) is 0 Å². The standard InChI is InChI=1S/C22H23F3N6O5S/c1-12(19-17(25)6-27-9-28-19)22(35,15-4-3-14(23)5-16(15)24)8-31-11-30(10-29-31)13(2)36-21(34)37-7-18(26)20(32)33/h3-6,9-13,18,35H,7-8,26H2,1-2H3/p+1/t12-,13?,18-,22?/m0/s1. The van der Waals surface area contributed by atoms with Crippen molar-refractivity contribution >= 4 is 23.0 Å². The predicted octanol–water partition coefficient (Wildman–Crippen LogP) is 1.87. The maximum Gasteiger partial charge on any atom is 0.370 e. The Hall–Kier alpha value is -3.56. The molecule has 0 amide bonds. The minimum Gasteiger partial charge on any atom is -0.480 e. The molecule has 0 saturated heterocycles. The first-order valence-corrected chi connectivity index (χ1v) is 11.8. The Morgan fingerprint density at radius 2 is 2.00 bits per heavy atom. The van der Waals surface area contributed by atoms with Gasteiger partial charge in [-0.05, 0) is 17.8 Å². The summed E-state index contributed by atoms with van der Waals surface area (Å²) < 4.78 is 50.6. The van der Waals surface area contributed by atoms with E-state index in [1.165, 1.54) is 35.8 Å². The molecular weight excluding hydrogens is 517 g/mol. The Morgan fingerprint density at radius 3 is 2.65 bits per heavy atom. The lowest BCUT2D eigenvalue weighted by atomic mass is 9.79. The smallest absolute Gasteiger partial charge is 0.370 e. The van der Waals surface area contributed by atoms with Crippen molar-refractivity contribution in [1.82, 2.24) is 19.7 Å². The van der Waals surface area contributed by atoms with Crippen LogP contribution >= 0.6 is 11.8 Å². The molecule has 4 N–H and O–H groups in total. The molecule has 0 aliphatic heterocycles. The fraction of sp³-hybridized carbons (Fsp3) is 0.364. The van der Waals surface area contributed by atoms with Gasteiger partial charge in [0.05, 0.1) is 11.9 Å². The van der Waals surface area contributed by atoms with E-state index in [1.54, 1.807) is 0 Å². The summed E-state index contributed by atoms with van der Waals surface area (Å²) in [5.41, 5.74) is 2.70. The lowest BCUT2D eigenvalue weighted by Crippen LogP contribution is -2.41. The van der Waals surface area contributed by atoms with Crippen molar-refractivity contribution in [2.45, 2.75) is 44.2 Å². The Balaban J connectivity index is 1.85. The van der Waals surface area contributed by atoms with E-state index in [2.05, 4.69) is 15.1 Å². The van der Waals surface area contributed by atoms with E-state index in [9.17, 15) is 27.9 Å². The second-order valence-electron chi connectivity index (χ2n) is 8.14. The van der Waals surface area contributed by atoms with Crippen molar-refractivity contribution in [3.63, 3.8) is 0 Å². The number of carbonyl (C=O) groups excluding carboxylic acids is 1. The molecule has 3 rings (SSSR count). The van der Waals surface area contributed by atoms with Crippen molar-refractivity contribution in [3.8, 4) is 0 Å². The minimum absolute atomic E-state index is 0.194. The first-order chi connectivity index (χ1) is 17.4. The van der Waals surface area contributed by atoms with Crippen LogP contribution in [0.2, 0.25) is 0 Å². The highest BCUT2D eigenvalue weighted by atomic mass is 32.2. The van der Waals surface area contributed by atoms with Gasteiger partial charge < -0.3 is 20.7 Å². The summed E-state index contributed by atoms with van der Waals surface area (Å²) in [4.78, 5) is 30.2. The van der Waals surface area contributed by atoms with Crippen molar-refractivity contribution in [3.05, 3.63) is 72.1 Å². The number of nitrogens with zero attached hydrogens (tertiary/aromatic N) is 5. The number of thioether (sulfide) groups is 1. The van der Waals surface area contributed by atoms with E-state index < -0.39 is 59.1 Å². The Kier molecular flexibility index (Phi) is 8.83. The largest absolute Gasteiger partial charge is 0.480 e. The molecule has 4 atom stereocenters. The van der Waals surface area contributed by atoms with Gasteiger partial charge in [0.2, 0.25) is 12.6 Å². The summed E-state index contributed by atoms with van der Waals surface area (Å²) in [5.74, 6) is -5.34. The van der Waals surface area contributed by atoms with Gasteiger partial charge in [-0.15, -0.1) is 4.68 Å². The van der Waals surface area contributed by atoms with Gasteiger partial charge >= 0.3 is 11.3 Å². The average Bonchev–Trinajstić information content (AvgIpc) is 3.30. The van der Waals surface area contributed by atoms with Crippen molar-refractivity contribution in [2.75, 3.05) is 5.75 Å². The molecule has 2 unspecified atom stereocenters. The number of carboxylic acid groups (broad SMARTS) is 1. The summed E-state index contributed by atoms with van der Waals surface area (Å²) in [6, 6.07) is 1.38. The van der Waals surface area contributed by atoms with Gasteiger partial charge in [0, 0.05) is 35.3 Å². The monoisotopic (exact) mass is 541 g/mol. The van der Waals surface area contributed by atoms with E-state index in [1.807, 2.05) is 0 Å². The highest BCUT2D eigenvalue weighted by Crippen LogP contribution is 2.39. The van der Waals surface area contributed by atoms with Gasteiger partial charge in [0.1, 0.15) is 36.1 Å². The van der Waals surface area contributed by atoms with Gasteiger partial charge in [-0.3, -0.25) is 4.79 Å². The van der Waals surface area contributed by atoms with Gasteiger partial charge in [0.15, 0.2) is 5.82 Å². The molecule has 37 heavy (non-hydrogen) atoms. The molecular formula is C22H24F3N6O5S+. The number of aliphatic carboxylic acids is 1. The van der Waals surface area contributed by atoms with Crippen molar-refractivity contribution < 1.29 is 42.3 Å². The van der Waals surface area contributed by atoms with Crippen LogP contribution in [0.1, 0.15) is 37.3 Å². The van der Waals surface area contributed by atoms with Crippen LogP contribution in [0, 0.1) is 17.5 Å². The van der Waals surface area contributed by atoms with E-state index >= 15 is 0 Å². The second kappa shape index (κ2) is 11.7. The quantitative estimate of drug-likeness (QED) is 0.256. The molecule has 0 bridgehead atoms. The Labute approximate surface area is 213 Å². The summed E-state index contributed by atoms with van der Waals surface area (Å²) in [5, 5.41) is 23.8. The molecule has 0 spiro atoms. The number of carbonyl (C=O) groups is 2. The third-order valence-electron chi connectivity index (χ3n) is 5.61. The lowest BCUT2D eigenvalue weighted by Gasteiger charge is -2.32. The number of nitrogens with two attached hydrogens (primary N) is 1. The normalized spacial score (nSPS) is 15.4. The van der Waals surface area contributed by atoms with Gasteiger partial charge in [-0.25, -0.2) is 27.9 Å². The molecule has 2 aromatic heterocycles.